The molecule has 0 bridgehead atoms. The number of hydrogen-bond donors (Lipinski definition) is 0. The molecule has 1 fully saturated rings. The standard InChI is InChI=1S/C45H52N3O7P/c1-31(2)48(32(3)4)56(52-27-11-25-46)53-30-42-41(29-43(54-42)47-26-24-34-28-33(5)14-23-40(34)44(47)49)55-45(35-12-9-8-10-13-35,36-15-19-38(50-6)20-16-36)37-17-21-39(51-7)22-18-37/h8-10,12-24,26,28,31-32,41-43H,11,27,29-30H2,1-7H3/t41?,42-,43?,56?/m1/s1. The van der Waals surface area contributed by atoms with Gasteiger partial charge >= 0.3 is 0 Å². The maximum atomic E-state index is 14.1. The van der Waals surface area contributed by atoms with Crippen molar-refractivity contribution >= 4 is 19.3 Å². The number of fused-ring (bicyclic) bond motifs is 1. The van der Waals surface area contributed by atoms with Crippen LogP contribution in [0.15, 0.2) is 114 Å². The number of rotatable bonds is 17. The largest absolute Gasteiger partial charge is 0.497 e. The van der Waals surface area contributed by atoms with Gasteiger partial charge in [0, 0.05) is 30.1 Å². The fourth-order valence-electron chi connectivity index (χ4n) is 7.46. The number of nitrogens with zero attached hydrogens (tertiary/aromatic N) is 3. The molecule has 11 heteroatoms. The van der Waals surface area contributed by atoms with Gasteiger partial charge in [-0.15, -0.1) is 0 Å². The van der Waals surface area contributed by atoms with Crippen LogP contribution in [0.5, 0.6) is 11.5 Å². The molecule has 1 saturated heterocycles. The van der Waals surface area contributed by atoms with Crippen LogP contribution in [0.4, 0.5) is 0 Å². The molecule has 3 unspecified atom stereocenters. The molecule has 10 nitrogen and oxygen atoms in total. The van der Waals surface area contributed by atoms with E-state index in [4.69, 9.17) is 28.0 Å². The van der Waals surface area contributed by atoms with Crippen LogP contribution in [0, 0.1) is 18.3 Å². The Morgan fingerprint density at radius 1 is 0.857 bits per heavy atom. The molecule has 294 valence electrons. The second-order valence-electron chi connectivity index (χ2n) is 14.5. The van der Waals surface area contributed by atoms with Crippen LogP contribution in [0.2, 0.25) is 0 Å². The van der Waals surface area contributed by atoms with E-state index in [-0.39, 0.29) is 37.3 Å². The van der Waals surface area contributed by atoms with Gasteiger partial charge in [0.1, 0.15) is 29.4 Å². The van der Waals surface area contributed by atoms with Gasteiger partial charge in [-0.05, 0) is 93.1 Å². The van der Waals surface area contributed by atoms with Gasteiger partial charge < -0.3 is 28.0 Å². The Labute approximate surface area is 331 Å². The molecule has 1 aliphatic rings. The minimum absolute atomic E-state index is 0.114. The van der Waals surface area contributed by atoms with E-state index in [0.29, 0.717) is 11.8 Å². The first-order chi connectivity index (χ1) is 27.1. The summed E-state index contributed by atoms with van der Waals surface area (Å²) in [6, 6.07) is 36.2. The third kappa shape index (κ3) is 8.85. The Bertz CT molecular complexity index is 2080. The lowest BCUT2D eigenvalue weighted by molar-refractivity contribution is -0.0973. The second-order valence-corrected chi connectivity index (χ2v) is 15.9. The maximum Gasteiger partial charge on any atom is 0.260 e. The summed E-state index contributed by atoms with van der Waals surface area (Å²) in [5, 5.41) is 10.8. The number of methoxy groups -OCH3 is 2. The molecule has 0 radical (unpaired) electrons. The van der Waals surface area contributed by atoms with Crippen molar-refractivity contribution in [2.45, 2.75) is 83.6 Å². The van der Waals surface area contributed by atoms with Crippen molar-refractivity contribution in [2.24, 2.45) is 0 Å². The van der Waals surface area contributed by atoms with E-state index in [1.165, 1.54) is 0 Å². The topological polar surface area (TPSA) is 104 Å². The van der Waals surface area contributed by atoms with Crippen molar-refractivity contribution in [3.05, 3.63) is 142 Å². The van der Waals surface area contributed by atoms with E-state index in [1.54, 1.807) is 18.8 Å². The highest BCUT2D eigenvalue weighted by atomic mass is 31.2. The average Bonchev–Trinajstić information content (AvgIpc) is 3.60. The number of aromatic nitrogens is 1. The van der Waals surface area contributed by atoms with Crippen LogP contribution in [0.3, 0.4) is 0 Å². The summed E-state index contributed by atoms with van der Waals surface area (Å²) >= 11 is 0. The van der Waals surface area contributed by atoms with Crippen LogP contribution in [0.1, 0.15) is 69.0 Å². The zero-order chi connectivity index (χ0) is 39.8. The molecule has 0 N–H and O–H groups in total. The second kappa shape index (κ2) is 18.6. The molecule has 56 heavy (non-hydrogen) atoms. The van der Waals surface area contributed by atoms with Crippen molar-refractivity contribution in [1.82, 2.24) is 9.24 Å². The molecule has 1 aromatic heterocycles. The minimum Gasteiger partial charge on any atom is -0.497 e. The summed E-state index contributed by atoms with van der Waals surface area (Å²) in [7, 11) is 1.72. The highest BCUT2D eigenvalue weighted by molar-refractivity contribution is 7.44. The SMILES string of the molecule is COc1ccc(C(OC2CC(n3ccc4cc(C)ccc4c3=O)O[C@@H]2COP(OCCC#N)N(C(C)C)C(C)C)(c2ccccc2)c2ccc(OC)cc2)cc1. The van der Waals surface area contributed by atoms with E-state index in [2.05, 4.69) is 50.6 Å². The van der Waals surface area contributed by atoms with Crippen LogP contribution >= 0.6 is 8.53 Å². The van der Waals surface area contributed by atoms with Gasteiger partial charge in [-0.3, -0.25) is 9.36 Å². The van der Waals surface area contributed by atoms with Gasteiger partial charge in [-0.25, -0.2) is 4.67 Å². The van der Waals surface area contributed by atoms with Crippen LogP contribution < -0.4 is 15.0 Å². The first kappa shape index (κ1) is 41.1. The Morgan fingerprint density at radius 3 is 2.04 bits per heavy atom. The fraction of sp³-hybridized carbons (Fsp3) is 0.378. The number of pyridine rings is 1. The number of benzene rings is 4. The van der Waals surface area contributed by atoms with Gasteiger partial charge in [0.2, 0.25) is 0 Å². The quantitative estimate of drug-likeness (QED) is 0.0519. The van der Waals surface area contributed by atoms with Crippen LogP contribution in [-0.2, 0) is 24.1 Å². The van der Waals surface area contributed by atoms with Crippen LogP contribution in [-0.4, -0.2) is 61.0 Å². The van der Waals surface area contributed by atoms with Crippen molar-refractivity contribution in [3.63, 3.8) is 0 Å². The van der Waals surface area contributed by atoms with Crippen molar-refractivity contribution in [2.75, 3.05) is 27.4 Å². The third-order valence-corrected chi connectivity index (χ3v) is 12.2. The molecule has 5 aromatic rings. The molecule has 0 aliphatic carbocycles. The van der Waals surface area contributed by atoms with Gasteiger partial charge in [0.05, 0.1) is 46.0 Å². The van der Waals surface area contributed by atoms with Crippen molar-refractivity contribution in [3.8, 4) is 17.6 Å². The summed E-state index contributed by atoms with van der Waals surface area (Å²) in [5.74, 6) is 1.44. The average molecular weight is 778 g/mol. The molecule has 1 aliphatic heterocycles. The number of aryl methyl sites for hydroxylation is 1. The highest BCUT2D eigenvalue weighted by Gasteiger charge is 2.47. The molecule has 0 saturated carbocycles. The molecule has 4 aromatic carbocycles. The Hall–Kier alpha value is -4.59. The third-order valence-electron chi connectivity index (χ3n) is 10.1. The molecule has 0 amide bonds. The zero-order valence-corrected chi connectivity index (χ0v) is 34.1. The summed E-state index contributed by atoms with van der Waals surface area (Å²) in [5.41, 5.74) is 2.47. The number of hydrogen-bond acceptors (Lipinski definition) is 9. The predicted octanol–water partition coefficient (Wildman–Crippen LogP) is 9.28. The lowest BCUT2D eigenvalue weighted by Gasteiger charge is -2.40. The Morgan fingerprint density at radius 2 is 1.46 bits per heavy atom. The molecule has 4 atom stereocenters. The Balaban J connectivity index is 1.47. The first-order valence-electron chi connectivity index (χ1n) is 19.1. The van der Waals surface area contributed by atoms with Crippen molar-refractivity contribution in [1.29, 1.82) is 5.26 Å². The summed E-state index contributed by atoms with van der Waals surface area (Å²) in [4.78, 5) is 14.1. The maximum absolute atomic E-state index is 14.1. The monoisotopic (exact) mass is 777 g/mol. The molecule has 0 spiro atoms. The minimum atomic E-state index is -1.58. The van der Waals surface area contributed by atoms with Crippen LogP contribution in [0.25, 0.3) is 10.8 Å². The molecular formula is C45H52N3O7P. The van der Waals surface area contributed by atoms with Gasteiger partial charge in [0.15, 0.2) is 0 Å². The summed E-state index contributed by atoms with van der Waals surface area (Å²) < 4.78 is 42.5. The van der Waals surface area contributed by atoms with E-state index in [0.717, 1.165) is 39.1 Å². The summed E-state index contributed by atoms with van der Waals surface area (Å²) in [6.45, 7) is 10.8. The van der Waals surface area contributed by atoms with Crippen molar-refractivity contribution < 1.29 is 28.0 Å². The van der Waals surface area contributed by atoms with E-state index in [9.17, 15) is 10.1 Å². The van der Waals surface area contributed by atoms with Gasteiger partial charge in [-0.1, -0.05) is 72.3 Å². The lowest BCUT2D eigenvalue weighted by atomic mass is 9.79. The Kier molecular flexibility index (Phi) is 13.6. The van der Waals surface area contributed by atoms with E-state index >= 15 is 0 Å². The lowest BCUT2D eigenvalue weighted by Crippen LogP contribution is -2.41. The molecule has 2 heterocycles. The van der Waals surface area contributed by atoms with Gasteiger partial charge in [0.25, 0.3) is 14.1 Å². The highest BCUT2D eigenvalue weighted by Crippen LogP contribution is 2.49. The van der Waals surface area contributed by atoms with E-state index in [1.807, 2.05) is 104 Å². The number of nitriles is 1. The fourth-order valence-corrected chi connectivity index (χ4v) is 9.08. The predicted molar refractivity (Wildman–Crippen MR) is 220 cm³/mol. The first-order valence-corrected chi connectivity index (χ1v) is 20.2. The summed E-state index contributed by atoms with van der Waals surface area (Å²) in [6.07, 6.45) is 0.567. The number of ether oxygens (including phenoxy) is 4. The van der Waals surface area contributed by atoms with E-state index < -0.39 is 32.6 Å². The zero-order valence-electron chi connectivity index (χ0n) is 33.3. The smallest absolute Gasteiger partial charge is 0.260 e. The molecular weight excluding hydrogens is 725 g/mol. The van der Waals surface area contributed by atoms with Gasteiger partial charge in [-0.2, -0.15) is 5.26 Å². The normalized spacial score (nSPS) is 17.8. The molecule has 6 rings (SSSR count).